The van der Waals surface area contributed by atoms with E-state index in [0.717, 1.165) is 30.3 Å². The van der Waals surface area contributed by atoms with Crippen molar-refractivity contribution in [2.45, 2.75) is 26.9 Å². The number of rotatable bonds is 6. The summed E-state index contributed by atoms with van der Waals surface area (Å²) in [5.41, 5.74) is 4.74. The predicted octanol–water partition coefficient (Wildman–Crippen LogP) is 4.05. The van der Waals surface area contributed by atoms with Crippen LogP contribution >= 0.6 is 24.0 Å². The van der Waals surface area contributed by atoms with E-state index in [1.807, 2.05) is 29.1 Å². The van der Waals surface area contributed by atoms with Gasteiger partial charge in [0.15, 0.2) is 5.96 Å². The summed E-state index contributed by atoms with van der Waals surface area (Å²) in [5, 5.41) is 11.0. The first-order chi connectivity index (χ1) is 12.8. The van der Waals surface area contributed by atoms with E-state index in [0.29, 0.717) is 6.54 Å². The zero-order chi connectivity index (χ0) is 18.2. The van der Waals surface area contributed by atoms with E-state index in [1.165, 1.54) is 11.1 Å². The van der Waals surface area contributed by atoms with E-state index < -0.39 is 0 Å². The summed E-state index contributed by atoms with van der Waals surface area (Å²) in [5.74, 6) is 0.820. The van der Waals surface area contributed by atoms with Gasteiger partial charge in [-0.3, -0.25) is 0 Å². The molecule has 0 saturated carbocycles. The van der Waals surface area contributed by atoms with Gasteiger partial charge in [0.1, 0.15) is 0 Å². The van der Waals surface area contributed by atoms with Crippen LogP contribution in [0.25, 0.3) is 5.69 Å². The largest absolute Gasteiger partial charge is 0.357 e. The number of benzene rings is 2. The normalized spacial score (nSPS) is 11.0. The summed E-state index contributed by atoms with van der Waals surface area (Å²) in [6, 6.07) is 18.6. The first kappa shape index (κ1) is 21.0. The Bertz CT molecular complexity index is 859. The second kappa shape index (κ2) is 10.7. The minimum atomic E-state index is 0. The standard InChI is InChI=1S/C21H25N5.HI/c1-3-22-21(24-16-19-10-5-4-8-17(19)2)23-15-18-9-6-11-20(14-18)26-13-7-12-25-26;/h4-14H,3,15-16H2,1-2H3,(H2,22,23,24);1H. The molecular formula is C21H26IN5. The highest BCUT2D eigenvalue weighted by atomic mass is 127. The van der Waals surface area contributed by atoms with Crippen molar-refractivity contribution < 1.29 is 0 Å². The molecule has 5 nitrogen and oxygen atoms in total. The molecule has 3 aromatic rings. The molecule has 0 radical (unpaired) electrons. The van der Waals surface area contributed by atoms with Crippen LogP contribution in [0.2, 0.25) is 0 Å². The van der Waals surface area contributed by atoms with Crippen molar-refractivity contribution in [2.75, 3.05) is 6.54 Å². The highest BCUT2D eigenvalue weighted by Crippen LogP contribution is 2.11. The van der Waals surface area contributed by atoms with Crippen molar-refractivity contribution in [3.63, 3.8) is 0 Å². The molecule has 6 heteroatoms. The van der Waals surface area contributed by atoms with Crippen LogP contribution in [0, 0.1) is 6.92 Å². The van der Waals surface area contributed by atoms with E-state index in [-0.39, 0.29) is 24.0 Å². The Morgan fingerprint density at radius 2 is 1.93 bits per heavy atom. The molecule has 27 heavy (non-hydrogen) atoms. The maximum absolute atomic E-state index is 4.72. The fourth-order valence-corrected chi connectivity index (χ4v) is 2.72. The number of guanidine groups is 1. The van der Waals surface area contributed by atoms with E-state index >= 15 is 0 Å². The molecule has 2 N–H and O–H groups in total. The molecule has 142 valence electrons. The molecule has 0 aliphatic rings. The summed E-state index contributed by atoms with van der Waals surface area (Å²) >= 11 is 0. The van der Waals surface area contributed by atoms with Crippen LogP contribution in [0.4, 0.5) is 0 Å². The quantitative estimate of drug-likeness (QED) is 0.321. The Morgan fingerprint density at radius 1 is 1.07 bits per heavy atom. The van der Waals surface area contributed by atoms with Crippen molar-refractivity contribution in [3.05, 3.63) is 83.7 Å². The molecule has 1 heterocycles. The van der Waals surface area contributed by atoms with Crippen LogP contribution in [0.15, 0.2) is 72.0 Å². The third-order valence-corrected chi connectivity index (χ3v) is 4.15. The van der Waals surface area contributed by atoms with E-state index in [9.17, 15) is 0 Å². The Hall–Kier alpha value is -2.35. The summed E-state index contributed by atoms with van der Waals surface area (Å²) in [6.07, 6.45) is 3.72. The Labute approximate surface area is 177 Å². The van der Waals surface area contributed by atoms with Gasteiger partial charge >= 0.3 is 0 Å². The summed E-state index contributed by atoms with van der Waals surface area (Å²) < 4.78 is 1.86. The number of aromatic nitrogens is 2. The first-order valence-corrected chi connectivity index (χ1v) is 8.92. The maximum atomic E-state index is 4.72. The van der Waals surface area contributed by atoms with Crippen molar-refractivity contribution in [1.29, 1.82) is 0 Å². The molecule has 0 fully saturated rings. The summed E-state index contributed by atoms with van der Waals surface area (Å²) in [7, 11) is 0. The lowest BCUT2D eigenvalue weighted by atomic mass is 10.1. The van der Waals surface area contributed by atoms with Crippen LogP contribution < -0.4 is 10.6 Å². The lowest BCUT2D eigenvalue weighted by Crippen LogP contribution is -2.36. The van der Waals surface area contributed by atoms with Gasteiger partial charge in [-0.2, -0.15) is 5.10 Å². The molecule has 0 spiro atoms. The van der Waals surface area contributed by atoms with Crippen molar-refractivity contribution >= 4 is 29.9 Å². The molecule has 1 aromatic heterocycles. The van der Waals surface area contributed by atoms with Gasteiger partial charge in [-0.25, -0.2) is 9.67 Å². The monoisotopic (exact) mass is 475 g/mol. The molecule has 0 bridgehead atoms. The number of hydrogen-bond donors (Lipinski definition) is 2. The van der Waals surface area contributed by atoms with Gasteiger partial charge in [-0.1, -0.05) is 36.4 Å². The van der Waals surface area contributed by atoms with Crippen molar-refractivity contribution in [1.82, 2.24) is 20.4 Å². The summed E-state index contributed by atoms with van der Waals surface area (Å²) in [6.45, 7) is 6.39. The summed E-state index contributed by atoms with van der Waals surface area (Å²) in [4.78, 5) is 4.72. The van der Waals surface area contributed by atoms with Crippen molar-refractivity contribution in [3.8, 4) is 5.69 Å². The molecule has 0 aliphatic heterocycles. The zero-order valence-corrected chi connectivity index (χ0v) is 18.1. The Balaban J connectivity index is 0.00000261. The van der Waals surface area contributed by atoms with Crippen LogP contribution in [-0.2, 0) is 13.1 Å². The van der Waals surface area contributed by atoms with E-state index in [4.69, 9.17) is 4.99 Å². The second-order valence-electron chi connectivity index (χ2n) is 6.10. The SMILES string of the molecule is CCNC(=NCc1cccc(-n2cccn2)c1)NCc1ccccc1C.I. The molecule has 0 atom stereocenters. The van der Waals surface area contributed by atoms with Gasteiger partial charge in [0.2, 0.25) is 0 Å². The maximum Gasteiger partial charge on any atom is 0.191 e. The zero-order valence-electron chi connectivity index (χ0n) is 15.7. The highest BCUT2D eigenvalue weighted by molar-refractivity contribution is 14.0. The van der Waals surface area contributed by atoms with E-state index in [1.54, 1.807) is 6.20 Å². The number of aryl methyl sites for hydroxylation is 1. The number of nitrogens with zero attached hydrogens (tertiary/aromatic N) is 3. The van der Waals surface area contributed by atoms with E-state index in [2.05, 4.69) is 66.0 Å². The number of nitrogens with one attached hydrogen (secondary N) is 2. The number of halogens is 1. The Kier molecular flexibility index (Phi) is 8.32. The highest BCUT2D eigenvalue weighted by Gasteiger charge is 2.02. The average Bonchev–Trinajstić information content (AvgIpc) is 3.20. The molecule has 0 aliphatic carbocycles. The van der Waals surface area contributed by atoms with Crippen LogP contribution in [-0.4, -0.2) is 22.3 Å². The minimum absolute atomic E-state index is 0. The van der Waals surface area contributed by atoms with Crippen LogP contribution in [0.1, 0.15) is 23.6 Å². The third-order valence-electron chi connectivity index (χ3n) is 4.15. The molecule has 3 rings (SSSR count). The lowest BCUT2D eigenvalue weighted by molar-refractivity contribution is 0.812. The smallest absolute Gasteiger partial charge is 0.191 e. The predicted molar refractivity (Wildman–Crippen MR) is 122 cm³/mol. The fraction of sp³-hybridized carbons (Fsp3) is 0.238. The van der Waals surface area contributed by atoms with Crippen LogP contribution in [0.5, 0.6) is 0 Å². The number of hydrogen-bond acceptors (Lipinski definition) is 2. The number of aliphatic imine (C=N–C) groups is 1. The van der Waals surface area contributed by atoms with Crippen LogP contribution in [0.3, 0.4) is 0 Å². The second-order valence-corrected chi connectivity index (χ2v) is 6.10. The fourth-order valence-electron chi connectivity index (χ4n) is 2.72. The van der Waals surface area contributed by atoms with Gasteiger partial charge in [-0.15, -0.1) is 24.0 Å². The molecule has 2 aromatic carbocycles. The van der Waals surface area contributed by atoms with Gasteiger partial charge in [0, 0.05) is 25.5 Å². The minimum Gasteiger partial charge on any atom is -0.357 e. The van der Waals surface area contributed by atoms with Gasteiger partial charge in [-0.05, 0) is 48.7 Å². The molecule has 0 amide bonds. The lowest BCUT2D eigenvalue weighted by Gasteiger charge is -2.13. The van der Waals surface area contributed by atoms with Crippen molar-refractivity contribution in [2.24, 2.45) is 4.99 Å². The van der Waals surface area contributed by atoms with Gasteiger partial charge < -0.3 is 10.6 Å². The molecule has 0 unspecified atom stereocenters. The Morgan fingerprint density at radius 3 is 2.67 bits per heavy atom. The molecular weight excluding hydrogens is 449 g/mol. The van der Waals surface area contributed by atoms with Gasteiger partial charge in [0.25, 0.3) is 0 Å². The first-order valence-electron chi connectivity index (χ1n) is 8.92. The average molecular weight is 475 g/mol. The third kappa shape index (κ3) is 6.09. The van der Waals surface area contributed by atoms with Gasteiger partial charge in [0.05, 0.1) is 12.2 Å². The topological polar surface area (TPSA) is 54.2 Å². The molecule has 0 saturated heterocycles.